The second-order valence-electron chi connectivity index (χ2n) is 6.85. The van der Waals surface area contributed by atoms with Crippen LogP contribution in [0, 0.1) is 20.8 Å². The molecule has 6 heteroatoms. The molecule has 3 aromatic rings. The number of benzene rings is 1. The van der Waals surface area contributed by atoms with E-state index in [2.05, 4.69) is 41.9 Å². The lowest BCUT2D eigenvalue weighted by molar-refractivity contribution is 0.292. The third-order valence-corrected chi connectivity index (χ3v) is 5.21. The molecule has 0 aliphatic carbocycles. The van der Waals surface area contributed by atoms with Gasteiger partial charge in [-0.3, -0.25) is 9.36 Å². The monoisotopic (exact) mass is 353 g/mol. The molecular weight excluding hydrogens is 326 g/mol. The third-order valence-electron chi connectivity index (χ3n) is 5.21. The Morgan fingerprint density at radius 3 is 2.38 bits per heavy atom. The normalized spacial score (nSPS) is 11.8. The molecular formula is C20H27N5O. The van der Waals surface area contributed by atoms with Gasteiger partial charge in [0.1, 0.15) is 11.3 Å². The highest BCUT2D eigenvalue weighted by Crippen LogP contribution is 2.22. The first-order valence-electron chi connectivity index (χ1n) is 9.33. The first kappa shape index (κ1) is 18.5. The third kappa shape index (κ3) is 3.33. The van der Waals surface area contributed by atoms with E-state index < -0.39 is 0 Å². The Hall–Kier alpha value is -2.34. The fraction of sp³-hybridized carbons (Fsp3) is 0.500. The van der Waals surface area contributed by atoms with Crippen LogP contribution < -0.4 is 5.56 Å². The second kappa shape index (κ2) is 7.50. The number of aryl methyl sites for hydroxylation is 3. The molecule has 0 aliphatic heterocycles. The predicted octanol–water partition coefficient (Wildman–Crippen LogP) is 3.00. The number of hydrogen-bond acceptors (Lipinski definition) is 5. The minimum absolute atomic E-state index is 0.0975. The van der Waals surface area contributed by atoms with E-state index in [-0.39, 0.29) is 5.56 Å². The number of rotatable bonds is 6. The van der Waals surface area contributed by atoms with Crippen molar-refractivity contribution >= 4 is 21.9 Å². The van der Waals surface area contributed by atoms with Gasteiger partial charge in [-0.25, -0.2) is 4.98 Å². The van der Waals surface area contributed by atoms with Crippen molar-refractivity contribution in [1.29, 1.82) is 0 Å². The van der Waals surface area contributed by atoms with E-state index in [0.717, 1.165) is 53.9 Å². The van der Waals surface area contributed by atoms with Gasteiger partial charge in [0.25, 0.3) is 5.56 Å². The molecule has 0 saturated carbocycles. The molecule has 0 radical (unpaired) electrons. The lowest BCUT2D eigenvalue weighted by atomic mass is 10.1. The molecule has 3 rings (SSSR count). The van der Waals surface area contributed by atoms with Crippen LogP contribution in [0.3, 0.4) is 0 Å². The maximum Gasteiger partial charge on any atom is 0.281 e. The van der Waals surface area contributed by atoms with Crippen molar-refractivity contribution in [3.8, 4) is 0 Å². The van der Waals surface area contributed by atoms with Crippen molar-refractivity contribution in [2.24, 2.45) is 0 Å². The van der Waals surface area contributed by atoms with Gasteiger partial charge in [-0.05, 0) is 70.1 Å². The molecule has 1 aromatic carbocycles. The fourth-order valence-corrected chi connectivity index (χ4v) is 3.36. The van der Waals surface area contributed by atoms with Crippen LogP contribution >= 0.6 is 0 Å². The second-order valence-corrected chi connectivity index (χ2v) is 6.85. The first-order chi connectivity index (χ1) is 12.5. The highest BCUT2D eigenvalue weighted by atomic mass is 16.1. The van der Waals surface area contributed by atoms with Gasteiger partial charge in [0, 0.05) is 11.9 Å². The smallest absolute Gasteiger partial charge is 0.281 e. The van der Waals surface area contributed by atoms with E-state index in [0.29, 0.717) is 17.6 Å². The molecule has 138 valence electrons. The van der Waals surface area contributed by atoms with Crippen LogP contribution in [0.5, 0.6) is 0 Å². The Morgan fingerprint density at radius 2 is 1.69 bits per heavy atom. The summed E-state index contributed by atoms with van der Waals surface area (Å²) in [6.07, 6.45) is 0.912. The molecule has 0 spiro atoms. The van der Waals surface area contributed by atoms with Crippen molar-refractivity contribution in [2.45, 2.75) is 47.6 Å². The van der Waals surface area contributed by atoms with Crippen molar-refractivity contribution in [1.82, 2.24) is 24.6 Å². The molecule has 0 fully saturated rings. The summed E-state index contributed by atoms with van der Waals surface area (Å²) < 4.78 is 1.73. The largest absolute Gasteiger partial charge is 0.304 e. The van der Waals surface area contributed by atoms with Crippen LogP contribution in [0.2, 0.25) is 0 Å². The van der Waals surface area contributed by atoms with Gasteiger partial charge in [0.05, 0.1) is 5.52 Å². The predicted molar refractivity (Wildman–Crippen MR) is 106 cm³/mol. The summed E-state index contributed by atoms with van der Waals surface area (Å²) >= 11 is 0. The van der Waals surface area contributed by atoms with Crippen LogP contribution in [0.4, 0.5) is 0 Å². The van der Waals surface area contributed by atoms with Crippen LogP contribution in [0.25, 0.3) is 21.9 Å². The van der Waals surface area contributed by atoms with E-state index in [1.807, 2.05) is 19.9 Å². The first-order valence-corrected chi connectivity index (χ1v) is 9.33. The molecule has 0 amide bonds. The van der Waals surface area contributed by atoms with Gasteiger partial charge in [0.2, 0.25) is 0 Å². The van der Waals surface area contributed by atoms with Gasteiger partial charge in [0.15, 0.2) is 5.52 Å². The zero-order valence-electron chi connectivity index (χ0n) is 16.3. The molecule has 0 N–H and O–H groups in total. The van der Waals surface area contributed by atoms with Gasteiger partial charge < -0.3 is 4.90 Å². The van der Waals surface area contributed by atoms with Gasteiger partial charge >= 0.3 is 0 Å². The van der Waals surface area contributed by atoms with Crippen molar-refractivity contribution in [3.63, 3.8) is 0 Å². The Kier molecular flexibility index (Phi) is 5.32. The topological polar surface area (TPSA) is 63.9 Å². The van der Waals surface area contributed by atoms with E-state index in [1.54, 1.807) is 4.57 Å². The van der Waals surface area contributed by atoms with Gasteiger partial charge in [-0.1, -0.05) is 13.8 Å². The molecule has 0 aliphatic rings. The maximum atomic E-state index is 13.0. The highest BCUT2D eigenvalue weighted by Gasteiger charge is 2.14. The average molecular weight is 353 g/mol. The standard InChI is InChI=1S/C20H27N5O/c1-6-24(7-2)9-8-10-25-15(5)21-18-16-11-13(3)14(4)12-17(16)22-23-19(18)20(25)26/h11-12H,6-10H2,1-5H3. The Bertz CT molecular complexity index is 1000. The molecule has 26 heavy (non-hydrogen) atoms. The summed E-state index contributed by atoms with van der Waals surface area (Å²) in [5.41, 5.74) is 4.02. The summed E-state index contributed by atoms with van der Waals surface area (Å²) in [5, 5.41) is 9.36. The lowest BCUT2D eigenvalue weighted by Crippen LogP contribution is -2.29. The lowest BCUT2D eigenvalue weighted by Gasteiger charge is -2.18. The molecule has 0 atom stereocenters. The molecule has 2 heterocycles. The quantitative estimate of drug-likeness (QED) is 0.638. The fourth-order valence-electron chi connectivity index (χ4n) is 3.36. The SMILES string of the molecule is CCN(CC)CCCn1c(C)nc2c(nnc3cc(C)c(C)cc32)c1=O. The maximum absolute atomic E-state index is 13.0. The van der Waals surface area contributed by atoms with Crippen LogP contribution in [0.1, 0.15) is 37.2 Å². The van der Waals surface area contributed by atoms with Crippen LogP contribution in [-0.2, 0) is 6.54 Å². The number of nitrogens with zero attached hydrogens (tertiary/aromatic N) is 5. The summed E-state index contributed by atoms with van der Waals surface area (Å²) in [6, 6.07) is 4.06. The molecule has 0 bridgehead atoms. The van der Waals surface area contributed by atoms with Gasteiger partial charge in [-0.2, -0.15) is 0 Å². The zero-order valence-corrected chi connectivity index (χ0v) is 16.3. The van der Waals surface area contributed by atoms with E-state index in [1.165, 1.54) is 0 Å². The number of fused-ring (bicyclic) bond motifs is 3. The Labute approximate surface area is 153 Å². The Morgan fingerprint density at radius 1 is 1.00 bits per heavy atom. The average Bonchev–Trinajstić information content (AvgIpc) is 2.62. The molecule has 6 nitrogen and oxygen atoms in total. The summed E-state index contributed by atoms with van der Waals surface area (Å²) in [6.45, 7) is 14.0. The molecule has 2 aromatic heterocycles. The highest BCUT2D eigenvalue weighted by molar-refractivity contribution is 6.01. The number of aromatic nitrogens is 4. The van der Waals surface area contributed by atoms with Crippen LogP contribution in [-0.4, -0.2) is 44.3 Å². The number of hydrogen-bond donors (Lipinski definition) is 0. The summed E-state index contributed by atoms with van der Waals surface area (Å²) in [7, 11) is 0. The zero-order chi connectivity index (χ0) is 18.8. The van der Waals surface area contributed by atoms with Crippen molar-refractivity contribution in [2.75, 3.05) is 19.6 Å². The van der Waals surface area contributed by atoms with Crippen LogP contribution in [0.15, 0.2) is 16.9 Å². The minimum atomic E-state index is -0.0975. The summed E-state index contributed by atoms with van der Waals surface area (Å²) in [4.78, 5) is 20.0. The van der Waals surface area contributed by atoms with Crippen molar-refractivity contribution in [3.05, 3.63) is 39.4 Å². The minimum Gasteiger partial charge on any atom is -0.304 e. The molecule has 0 saturated heterocycles. The van der Waals surface area contributed by atoms with E-state index >= 15 is 0 Å². The Balaban J connectivity index is 2.04. The summed E-state index contributed by atoms with van der Waals surface area (Å²) in [5.74, 6) is 0.731. The van der Waals surface area contributed by atoms with E-state index in [9.17, 15) is 4.79 Å². The van der Waals surface area contributed by atoms with E-state index in [4.69, 9.17) is 4.98 Å². The van der Waals surface area contributed by atoms with Crippen molar-refractivity contribution < 1.29 is 0 Å². The van der Waals surface area contributed by atoms with Gasteiger partial charge in [-0.15, -0.1) is 10.2 Å². The molecule has 0 unspecified atom stereocenters.